The number of halogens is 1. The lowest BCUT2D eigenvalue weighted by atomic mass is 9.76. The van der Waals surface area contributed by atoms with Gasteiger partial charge >= 0.3 is 0 Å². The topological polar surface area (TPSA) is 90.0 Å². The highest BCUT2D eigenvalue weighted by Crippen LogP contribution is 2.60. The van der Waals surface area contributed by atoms with Crippen LogP contribution in [0.2, 0.25) is 5.02 Å². The summed E-state index contributed by atoms with van der Waals surface area (Å²) in [5, 5.41) is 1.99. The number of hydrogen-bond donors (Lipinski definition) is 1. The molecule has 3 unspecified atom stereocenters. The third-order valence-electron chi connectivity index (χ3n) is 7.99. The number of hydrazine groups is 1. The minimum absolute atomic E-state index is 0.0272. The van der Waals surface area contributed by atoms with Crippen LogP contribution >= 0.6 is 11.6 Å². The van der Waals surface area contributed by atoms with E-state index in [2.05, 4.69) is 5.43 Å². The van der Waals surface area contributed by atoms with Crippen molar-refractivity contribution in [3.05, 3.63) is 95.0 Å². The number of nitrogens with zero attached hydrogens (tertiary/aromatic N) is 3. The Hall–Kier alpha value is -4.01. The van der Waals surface area contributed by atoms with Crippen LogP contribution in [0.1, 0.15) is 17.5 Å². The lowest BCUT2D eigenvalue weighted by molar-refractivity contribution is -0.140. The molecule has 9 heteroatoms. The van der Waals surface area contributed by atoms with E-state index in [1.807, 2.05) is 54.6 Å². The smallest absolute Gasteiger partial charge is 0.255 e. The number of carbonyl (C=O) groups is 4. The van der Waals surface area contributed by atoms with Gasteiger partial charge in [0, 0.05) is 22.7 Å². The molecule has 4 aliphatic rings. The van der Waals surface area contributed by atoms with E-state index in [4.69, 9.17) is 11.6 Å². The molecule has 3 aromatic carbocycles. The molecule has 0 aromatic heterocycles. The van der Waals surface area contributed by atoms with E-state index in [0.717, 1.165) is 10.5 Å². The molecule has 1 spiro atoms. The van der Waals surface area contributed by atoms with Crippen LogP contribution in [0, 0.1) is 11.8 Å². The lowest BCUT2D eigenvalue weighted by Gasteiger charge is -2.36. The first-order valence-electron chi connectivity index (χ1n) is 12.1. The molecule has 184 valence electrons. The second-order valence-electron chi connectivity index (χ2n) is 9.83. The maximum atomic E-state index is 14.6. The van der Waals surface area contributed by atoms with Gasteiger partial charge < -0.3 is 4.90 Å². The Bertz CT molecular complexity index is 1510. The van der Waals surface area contributed by atoms with E-state index < -0.39 is 35.2 Å². The molecule has 0 saturated carbocycles. The molecule has 3 saturated heterocycles. The molecule has 4 atom stereocenters. The largest absolute Gasteiger partial charge is 0.306 e. The molecule has 8 nitrogen and oxygen atoms in total. The first kappa shape index (κ1) is 22.2. The summed E-state index contributed by atoms with van der Waals surface area (Å²) in [6.07, 6.45) is 0.0272. The average Bonchev–Trinajstić information content (AvgIpc) is 3.55. The number of rotatable bonds is 3. The molecule has 0 aliphatic carbocycles. The number of nitrogens with one attached hydrogen (secondary N) is 1. The second-order valence-corrected chi connectivity index (χ2v) is 10.3. The van der Waals surface area contributed by atoms with Gasteiger partial charge in [0.15, 0.2) is 5.54 Å². The zero-order valence-corrected chi connectivity index (χ0v) is 20.3. The highest BCUT2D eigenvalue weighted by Gasteiger charge is 2.77. The van der Waals surface area contributed by atoms with Crippen molar-refractivity contribution in [3.63, 3.8) is 0 Å². The van der Waals surface area contributed by atoms with Crippen LogP contribution in [0.15, 0.2) is 78.9 Å². The fraction of sp³-hybridized carbons (Fsp3) is 0.214. The first-order valence-corrected chi connectivity index (χ1v) is 12.5. The molecule has 0 bridgehead atoms. The lowest BCUT2D eigenvalue weighted by Crippen LogP contribution is -2.59. The fourth-order valence-electron chi connectivity index (χ4n) is 6.64. The van der Waals surface area contributed by atoms with E-state index >= 15 is 0 Å². The van der Waals surface area contributed by atoms with Gasteiger partial charge in [0.25, 0.3) is 5.91 Å². The number of amides is 4. The van der Waals surface area contributed by atoms with Crippen molar-refractivity contribution in [2.24, 2.45) is 11.8 Å². The van der Waals surface area contributed by atoms with Crippen LogP contribution in [-0.4, -0.2) is 34.7 Å². The summed E-state index contributed by atoms with van der Waals surface area (Å²) in [6, 6.07) is 22.8. The standard InChI is InChI=1S/C28H21ClN4O4/c29-17-9-6-10-18(13-17)32-25(35)23-21-14-22(34)30-33(21)28(24(23)26(32)36)19-11-4-5-12-20(19)31(27(28)37)15-16-7-2-1-3-8-16/h1-13,21,23-24H,14-15H2,(H,30,34)/t21?,23?,24?,28-/m0/s1. The summed E-state index contributed by atoms with van der Waals surface area (Å²) in [4.78, 5) is 58.0. The normalized spacial score (nSPS) is 28.2. The maximum Gasteiger partial charge on any atom is 0.255 e. The van der Waals surface area contributed by atoms with E-state index in [9.17, 15) is 19.2 Å². The van der Waals surface area contributed by atoms with Crippen LogP contribution in [-0.2, 0) is 31.3 Å². The number of benzene rings is 3. The van der Waals surface area contributed by atoms with E-state index in [0.29, 0.717) is 28.5 Å². The molecule has 3 fully saturated rings. The quantitative estimate of drug-likeness (QED) is 0.545. The summed E-state index contributed by atoms with van der Waals surface area (Å²) in [7, 11) is 0. The van der Waals surface area contributed by atoms with Crippen molar-refractivity contribution in [3.8, 4) is 0 Å². The number of fused-ring (bicyclic) bond motifs is 7. The van der Waals surface area contributed by atoms with Crippen molar-refractivity contribution < 1.29 is 19.2 Å². The summed E-state index contributed by atoms with van der Waals surface area (Å²) >= 11 is 6.18. The molecule has 0 radical (unpaired) electrons. The average molecular weight is 513 g/mol. The number of para-hydroxylation sites is 1. The molecule has 1 N–H and O–H groups in total. The molecule has 37 heavy (non-hydrogen) atoms. The highest BCUT2D eigenvalue weighted by molar-refractivity contribution is 6.31. The van der Waals surface area contributed by atoms with E-state index in [1.165, 1.54) is 0 Å². The Kier molecular flexibility index (Phi) is 4.65. The third kappa shape index (κ3) is 2.82. The van der Waals surface area contributed by atoms with Crippen molar-refractivity contribution in [1.29, 1.82) is 0 Å². The Morgan fingerprint density at radius 1 is 0.892 bits per heavy atom. The van der Waals surface area contributed by atoms with Gasteiger partial charge in [-0.1, -0.05) is 66.2 Å². The molecule has 4 heterocycles. The zero-order chi connectivity index (χ0) is 25.5. The molecule has 4 aliphatic heterocycles. The van der Waals surface area contributed by atoms with Gasteiger partial charge in [-0.05, 0) is 29.8 Å². The van der Waals surface area contributed by atoms with Crippen molar-refractivity contribution in [1.82, 2.24) is 10.4 Å². The minimum Gasteiger partial charge on any atom is -0.306 e. The van der Waals surface area contributed by atoms with Gasteiger partial charge in [0.1, 0.15) is 0 Å². The predicted octanol–water partition coefficient (Wildman–Crippen LogP) is 3.01. The predicted molar refractivity (Wildman–Crippen MR) is 135 cm³/mol. The number of carbonyl (C=O) groups excluding carboxylic acids is 4. The summed E-state index contributed by atoms with van der Waals surface area (Å²) < 4.78 is 0. The number of imide groups is 1. The number of anilines is 2. The summed E-state index contributed by atoms with van der Waals surface area (Å²) in [5.41, 5.74) is 3.87. The van der Waals surface area contributed by atoms with E-state index in [1.54, 1.807) is 34.2 Å². The Balaban J connectivity index is 1.42. The van der Waals surface area contributed by atoms with Crippen LogP contribution in [0.3, 0.4) is 0 Å². The first-order chi connectivity index (χ1) is 17.9. The Morgan fingerprint density at radius 3 is 2.43 bits per heavy atom. The van der Waals surface area contributed by atoms with Crippen LogP contribution in [0.4, 0.5) is 11.4 Å². The molecule has 4 amide bonds. The van der Waals surface area contributed by atoms with Crippen molar-refractivity contribution >= 4 is 46.6 Å². The van der Waals surface area contributed by atoms with Gasteiger partial charge in [-0.3, -0.25) is 24.6 Å². The van der Waals surface area contributed by atoms with Crippen LogP contribution in [0.25, 0.3) is 0 Å². The molecular weight excluding hydrogens is 492 g/mol. The van der Waals surface area contributed by atoms with Crippen molar-refractivity contribution in [2.75, 3.05) is 9.80 Å². The van der Waals surface area contributed by atoms with Gasteiger partial charge in [-0.15, -0.1) is 0 Å². The molecular formula is C28H21ClN4O4. The summed E-state index contributed by atoms with van der Waals surface area (Å²) in [6.45, 7) is 0.294. The monoisotopic (exact) mass is 512 g/mol. The minimum atomic E-state index is -1.53. The molecule has 7 rings (SSSR count). The second kappa shape index (κ2) is 7.74. The Labute approximate surface area is 217 Å². The fourth-order valence-corrected chi connectivity index (χ4v) is 6.82. The zero-order valence-electron chi connectivity index (χ0n) is 19.5. The van der Waals surface area contributed by atoms with Gasteiger partial charge in [0.2, 0.25) is 17.7 Å². The SMILES string of the molecule is O=C1CC2C3C(=O)N(c4cccc(Cl)c4)C(=O)C3[C@@]3(C(=O)N(Cc4ccccc4)c4ccccc43)N2N1. The Morgan fingerprint density at radius 2 is 1.65 bits per heavy atom. The maximum absolute atomic E-state index is 14.6. The van der Waals surface area contributed by atoms with E-state index in [-0.39, 0.29) is 18.2 Å². The van der Waals surface area contributed by atoms with Crippen LogP contribution < -0.4 is 15.2 Å². The van der Waals surface area contributed by atoms with Gasteiger partial charge in [-0.25, -0.2) is 4.90 Å². The van der Waals surface area contributed by atoms with Crippen molar-refractivity contribution in [2.45, 2.75) is 24.5 Å². The third-order valence-corrected chi connectivity index (χ3v) is 8.23. The van der Waals surface area contributed by atoms with Gasteiger partial charge in [0.05, 0.1) is 30.1 Å². The van der Waals surface area contributed by atoms with Crippen LogP contribution in [0.5, 0.6) is 0 Å². The molecule has 3 aromatic rings. The highest BCUT2D eigenvalue weighted by atomic mass is 35.5. The van der Waals surface area contributed by atoms with Gasteiger partial charge in [-0.2, -0.15) is 5.01 Å². The summed E-state index contributed by atoms with van der Waals surface area (Å²) in [5.74, 6) is -3.36. The number of hydrogen-bond acceptors (Lipinski definition) is 5.